The van der Waals surface area contributed by atoms with Crippen LogP contribution in [-0.2, 0) is 10.0 Å². The smallest absolute Gasteiger partial charge is 0.323 e. The molecule has 3 amide bonds. The van der Waals surface area contributed by atoms with E-state index in [2.05, 4.69) is 10.6 Å². The van der Waals surface area contributed by atoms with E-state index in [-0.39, 0.29) is 53.4 Å². The van der Waals surface area contributed by atoms with Gasteiger partial charge in [-0.1, -0.05) is 24.6 Å². The van der Waals surface area contributed by atoms with Gasteiger partial charge in [0.15, 0.2) is 5.75 Å². The van der Waals surface area contributed by atoms with Crippen molar-refractivity contribution in [1.82, 2.24) is 9.21 Å². The average molecular weight is 631 g/mol. The summed E-state index contributed by atoms with van der Waals surface area (Å²) in [4.78, 5) is 28.3. The quantitative estimate of drug-likeness (QED) is 0.316. The number of urea groups is 1. The van der Waals surface area contributed by atoms with Crippen LogP contribution in [0.4, 0.5) is 16.2 Å². The van der Waals surface area contributed by atoms with Gasteiger partial charge in [0.25, 0.3) is 5.91 Å². The Kier molecular flexibility index (Phi) is 10.2. The molecule has 0 spiro atoms. The number of carbonyl (C=O) groups excluding carboxylic acids is 2. The Balaban J connectivity index is 1.67. The van der Waals surface area contributed by atoms with E-state index in [1.165, 1.54) is 40.5 Å². The molecular weight excluding hydrogens is 596 g/mol. The standard InChI is InChI=1S/C30H35ClN4O7S/c1-19-16-35(20(2)18-36)29(37)25-6-5-7-26(33-30(38)32-22-10-12-23(41-4)13-11-22)28(25)42-27(19)17-34(3)43(39,40)24-14-8-21(31)9-15-24/h5-15,19-20,27,36H,16-18H2,1-4H3,(H2,32,33,38)/t19-,20-,27-/m1/s1. The van der Waals surface area contributed by atoms with E-state index in [4.69, 9.17) is 21.1 Å². The molecule has 0 aliphatic carbocycles. The van der Waals surface area contributed by atoms with E-state index in [0.717, 1.165) is 0 Å². The number of hydrogen-bond acceptors (Lipinski definition) is 7. The second-order valence-electron chi connectivity index (χ2n) is 10.4. The highest BCUT2D eigenvalue weighted by molar-refractivity contribution is 7.89. The number of ether oxygens (including phenoxy) is 2. The minimum atomic E-state index is -3.91. The van der Waals surface area contributed by atoms with Gasteiger partial charge >= 0.3 is 6.03 Å². The number of amides is 3. The van der Waals surface area contributed by atoms with Crippen LogP contribution in [0.2, 0.25) is 5.02 Å². The highest BCUT2D eigenvalue weighted by atomic mass is 35.5. The number of benzene rings is 3. The number of likely N-dealkylation sites (N-methyl/N-ethyl adjacent to an activating group) is 1. The third-order valence-electron chi connectivity index (χ3n) is 7.25. The fourth-order valence-electron chi connectivity index (χ4n) is 4.66. The average Bonchev–Trinajstić information content (AvgIpc) is 2.99. The SMILES string of the molecule is COc1ccc(NC(=O)Nc2cccc3c2O[C@H](CN(C)S(=O)(=O)c2ccc(Cl)cc2)[C@H](C)CN([C@H](C)CO)C3=O)cc1. The van der Waals surface area contributed by atoms with Crippen LogP contribution in [0.3, 0.4) is 0 Å². The second-order valence-corrected chi connectivity index (χ2v) is 12.8. The topological polar surface area (TPSA) is 138 Å². The third-order valence-corrected chi connectivity index (χ3v) is 9.34. The molecule has 0 bridgehead atoms. The Morgan fingerprint density at radius 1 is 1.14 bits per heavy atom. The molecule has 3 aromatic carbocycles. The maximum absolute atomic E-state index is 13.7. The molecule has 0 aromatic heterocycles. The summed E-state index contributed by atoms with van der Waals surface area (Å²) in [6.07, 6.45) is -0.736. The molecule has 230 valence electrons. The van der Waals surface area contributed by atoms with Gasteiger partial charge < -0.3 is 30.1 Å². The molecule has 11 nitrogen and oxygen atoms in total. The van der Waals surface area contributed by atoms with Gasteiger partial charge in [-0.2, -0.15) is 4.31 Å². The van der Waals surface area contributed by atoms with Gasteiger partial charge in [0.05, 0.1) is 42.4 Å². The lowest BCUT2D eigenvalue weighted by Gasteiger charge is -2.38. The summed E-state index contributed by atoms with van der Waals surface area (Å²) in [6, 6.07) is 16.3. The zero-order valence-corrected chi connectivity index (χ0v) is 25.9. The third kappa shape index (κ3) is 7.39. The van der Waals surface area contributed by atoms with Crippen molar-refractivity contribution in [2.45, 2.75) is 30.9 Å². The molecule has 3 atom stereocenters. The number of methoxy groups -OCH3 is 1. The monoisotopic (exact) mass is 630 g/mol. The molecule has 1 aliphatic rings. The van der Waals surface area contributed by atoms with Gasteiger partial charge in [-0.15, -0.1) is 0 Å². The molecular formula is C30H35ClN4O7S. The number of rotatable bonds is 9. The number of halogens is 1. The summed E-state index contributed by atoms with van der Waals surface area (Å²) >= 11 is 5.95. The van der Waals surface area contributed by atoms with Crippen molar-refractivity contribution in [3.05, 3.63) is 77.3 Å². The first-order chi connectivity index (χ1) is 20.4. The number of aliphatic hydroxyl groups is 1. The van der Waals surface area contributed by atoms with Crippen LogP contribution in [0.25, 0.3) is 0 Å². The molecule has 0 saturated carbocycles. The minimum absolute atomic E-state index is 0.0620. The van der Waals surface area contributed by atoms with Crippen molar-refractivity contribution in [2.75, 3.05) is 44.5 Å². The zero-order valence-electron chi connectivity index (χ0n) is 24.3. The number of fused-ring (bicyclic) bond motifs is 1. The number of carbonyl (C=O) groups is 2. The summed E-state index contributed by atoms with van der Waals surface area (Å²) in [5, 5.41) is 15.8. The first kappa shape index (κ1) is 32.1. The van der Waals surface area contributed by atoms with E-state index >= 15 is 0 Å². The van der Waals surface area contributed by atoms with Crippen molar-refractivity contribution in [2.24, 2.45) is 5.92 Å². The molecule has 3 N–H and O–H groups in total. The summed E-state index contributed by atoms with van der Waals surface area (Å²) in [6.45, 7) is 3.44. The molecule has 0 fully saturated rings. The number of hydrogen-bond donors (Lipinski definition) is 3. The molecule has 4 rings (SSSR count). The first-order valence-electron chi connectivity index (χ1n) is 13.6. The van der Waals surface area contributed by atoms with Crippen LogP contribution in [0, 0.1) is 5.92 Å². The van der Waals surface area contributed by atoms with E-state index in [0.29, 0.717) is 16.5 Å². The Morgan fingerprint density at radius 2 is 1.81 bits per heavy atom. The van der Waals surface area contributed by atoms with Gasteiger partial charge in [-0.3, -0.25) is 4.79 Å². The van der Waals surface area contributed by atoms with E-state index in [1.54, 1.807) is 56.5 Å². The predicted molar refractivity (Wildman–Crippen MR) is 165 cm³/mol. The summed E-state index contributed by atoms with van der Waals surface area (Å²) in [5.41, 5.74) is 0.899. The van der Waals surface area contributed by atoms with E-state index in [9.17, 15) is 23.1 Å². The number of sulfonamides is 1. The van der Waals surface area contributed by atoms with Gasteiger partial charge in [-0.25, -0.2) is 13.2 Å². The van der Waals surface area contributed by atoms with Crippen LogP contribution in [0.1, 0.15) is 24.2 Å². The van der Waals surface area contributed by atoms with Crippen molar-refractivity contribution < 1.29 is 32.6 Å². The fraction of sp³-hybridized carbons (Fsp3) is 0.333. The lowest BCUT2D eigenvalue weighted by Crippen LogP contribution is -2.50. The van der Waals surface area contributed by atoms with Crippen molar-refractivity contribution in [3.63, 3.8) is 0 Å². The lowest BCUT2D eigenvalue weighted by molar-refractivity contribution is 0.0389. The second kappa shape index (κ2) is 13.6. The highest BCUT2D eigenvalue weighted by Crippen LogP contribution is 2.35. The Labute approximate surface area is 256 Å². The Bertz CT molecular complexity index is 1550. The van der Waals surface area contributed by atoms with Crippen LogP contribution in [-0.4, -0.2) is 80.7 Å². The maximum atomic E-state index is 13.7. The van der Waals surface area contributed by atoms with Gasteiger partial charge in [0, 0.05) is 30.2 Å². The minimum Gasteiger partial charge on any atom is -0.497 e. The normalized spacial score (nSPS) is 17.7. The van der Waals surface area contributed by atoms with Crippen molar-refractivity contribution in [1.29, 1.82) is 0 Å². The van der Waals surface area contributed by atoms with Crippen molar-refractivity contribution in [3.8, 4) is 11.5 Å². The number of nitrogens with zero attached hydrogens (tertiary/aromatic N) is 2. The highest BCUT2D eigenvalue weighted by Gasteiger charge is 2.36. The van der Waals surface area contributed by atoms with Crippen LogP contribution in [0.5, 0.6) is 11.5 Å². The molecule has 0 radical (unpaired) electrons. The molecule has 0 unspecified atom stereocenters. The van der Waals surface area contributed by atoms with Crippen LogP contribution in [0.15, 0.2) is 71.6 Å². The number of aliphatic hydroxyl groups excluding tert-OH is 1. The molecule has 1 heterocycles. The molecule has 1 aliphatic heterocycles. The number of anilines is 2. The van der Waals surface area contributed by atoms with E-state index in [1.807, 2.05) is 6.92 Å². The zero-order chi connectivity index (χ0) is 31.3. The lowest BCUT2D eigenvalue weighted by atomic mass is 9.99. The van der Waals surface area contributed by atoms with Gasteiger partial charge in [0.1, 0.15) is 11.9 Å². The van der Waals surface area contributed by atoms with Gasteiger partial charge in [0.2, 0.25) is 10.0 Å². The molecule has 3 aromatic rings. The molecule has 13 heteroatoms. The van der Waals surface area contributed by atoms with E-state index < -0.39 is 28.2 Å². The summed E-state index contributed by atoms with van der Waals surface area (Å²) in [7, 11) is -0.913. The maximum Gasteiger partial charge on any atom is 0.323 e. The Hall–Kier alpha value is -3.84. The van der Waals surface area contributed by atoms with Crippen LogP contribution >= 0.6 is 11.6 Å². The van der Waals surface area contributed by atoms with Gasteiger partial charge in [-0.05, 0) is 67.6 Å². The largest absolute Gasteiger partial charge is 0.497 e. The van der Waals surface area contributed by atoms with Crippen molar-refractivity contribution >= 4 is 44.9 Å². The summed E-state index contributed by atoms with van der Waals surface area (Å²) < 4.78 is 39.5. The van der Waals surface area contributed by atoms with Crippen LogP contribution < -0.4 is 20.1 Å². The Morgan fingerprint density at radius 3 is 2.44 bits per heavy atom. The summed E-state index contributed by atoms with van der Waals surface area (Å²) in [5.74, 6) is -0.0214. The molecule has 0 saturated heterocycles. The number of para-hydroxylation sites is 1. The number of nitrogens with one attached hydrogen (secondary N) is 2. The molecule has 43 heavy (non-hydrogen) atoms. The predicted octanol–water partition coefficient (Wildman–Crippen LogP) is 4.53. The first-order valence-corrected chi connectivity index (χ1v) is 15.4. The fourth-order valence-corrected chi connectivity index (χ4v) is 5.97.